The van der Waals surface area contributed by atoms with Crippen LogP contribution in [0.1, 0.15) is 46.2 Å². The van der Waals surface area contributed by atoms with Crippen LogP contribution in [0.25, 0.3) is 0 Å². The average molecular weight is 388 g/mol. The van der Waals surface area contributed by atoms with E-state index in [1.165, 1.54) is 0 Å². The number of carbonyl (C=O) groups excluding carboxylic acids is 2. The Kier molecular flexibility index (Phi) is 6.63. The van der Waals surface area contributed by atoms with Gasteiger partial charge in [0.05, 0.1) is 12.6 Å². The highest BCUT2D eigenvalue weighted by molar-refractivity contribution is 6.06. The number of ether oxygens (including phenoxy) is 1. The standard InChI is InChI=1S/C24H24N2O3/c1-3-29-22-14-12-21(13-15-22)26-24(28)20-11-7-10-19(16-20)23(27)25-17(2)18-8-5-4-6-9-18/h4-17H,3H2,1-2H3,(H,25,27)(H,26,28). The summed E-state index contributed by atoms with van der Waals surface area (Å²) in [6.45, 7) is 4.43. The molecule has 5 heteroatoms. The lowest BCUT2D eigenvalue weighted by molar-refractivity contribution is 0.0940. The summed E-state index contributed by atoms with van der Waals surface area (Å²) in [6, 6.07) is 23.4. The van der Waals surface area contributed by atoms with E-state index in [1.807, 2.05) is 44.2 Å². The molecule has 0 aromatic heterocycles. The fraction of sp³-hybridized carbons (Fsp3) is 0.167. The Morgan fingerprint density at radius 1 is 0.862 bits per heavy atom. The van der Waals surface area contributed by atoms with Crippen LogP contribution in [0.5, 0.6) is 5.75 Å². The monoisotopic (exact) mass is 388 g/mol. The van der Waals surface area contributed by atoms with Crippen LogP contribution >= 0.6 is 0 Å². The Labute approximate surface area is 170 Å². The van der Waals surface area contributed by atoms with Gasteiger partial charge in [0.1, 0.15) is 5.75 Å². The van der Waals surface area contributed by atoms with Crippen molar-refractivity contribution in [3.63, 3.8) is 0 Å². The fourth-order valence-corrected chi connectivity index (χ4v) is 2.91. The highest BCUT2D eigenvalue weighted by Gasteiger charge is 2.14. The van der Waals surface area contributed by atoms with Crippen molar-refractivity contribution in [2.45, 2.75) is 19.9 Å². The molecular formula is C24H24N2O3. The molecule has 2 amide bonds. The van der Waals surface area contributed by atoms with Gasteiger partial charge in [0.15, 0.2) is 0 Å². The van der Waals surface area contributed by atoms with Gasteiger partial charge < -0.3 is 15.4 Å². The third-order valence-corrected chi connectivity index (χ3v) is 4.46. The Bertz CT molecular complexity index is 969. The molecule has 5 nitrogen and oxygen atoms in total. The first-order valence-corrected chi connectivity index (χ1v) is 9.57. The van der Waals surface area contributed by atoms with Crippen LogP contribution in [-0.2, 0) is 0 Å². The van der Waals surface area contributed by atoms with Crippen molar-refractivity contribution in [3.8, 4) is 5.75 Å². The van der Waals surface area contributed by atoms with E-state index in [4.69, 9.17) is 4.74 Å². The molecule has 0 bridgehead atoms. The zero-order chi connectivity index (χ0) is 20.6. The zero-order valence-electron chi connectivity index (χ0n) is 16.5. The molecule has 29 heavy (non-hydrogen) atoms. The maximum atomic E-state index is 12.6. The Balaban J connectivity index is 1.66. The molecule has 0 aliphatic carbocycles. The molecular weight excluding hydrogens is 364 g/mol. The number of anilines is 1. The lowest BCUT2D eigenvalue weighted by Gasteiger charge is -2.14. The predicted octanol–water partition coefficient (Wildman–Crippen LogP) is 4.83. The molecule has 148 valence electrons. The lowest BCUT2D eigenvalue weighted by Crippen LogP contribution is -2.27. The van der Waals surface area contributed by atoms with Gasteiger partial charge in [-0.05, 0) is 61.9 Å². The van der Waals surface area contributed by atoms with Crippen molar-refractivity contribution < 1.29 is 14.3 Å². The molecule has 0 aliphatic rings. The number of nitrogens with one attached hydrogen (secondary N) is 2. The molecule has 0 heterocycles. The maximum absolute atomic E-state index is 12.6. The number of hydrogen-bond acceptors (Lipinski definition) is 3. The van der Waals surface area contributed by atoms with Gasteiger partial charge in [-0.15, -0.1) is 0 Å². The van der Waals surface area contributed by atoms with Crippen LogP contribution in [0.15, 0.2) is 78.9 Å². The zero-order valence-corrected chi connectivity index (χ0v) is 16.5. The van der Waals surface area contributed by atoms with Gasteiger partial charge in [-0.3, -0.25) is 9.59 Å². The third-order valence-electron chi connectivity index (χ3n) is 4.46. The maximum Gasteiger partial charge on any atom is 0.255 e. The van der Waals surface area contributed by atoms with Gasteiger partial charge in [0, 0.05) is 16.8 Å². The molecule has 3 aromatic rings. The number of hydrogen-bond donors (Lipinski definition) is 2. The topological polar surface area (TPSA) is 67.4 Å². The van der Waals surface area contributed by atoms with Crippen LogP contribution in [-0.4, -0.2) is 18.4 Å². The first-order valence-electron chi connectivity index (χ1n) is 9.57. The van der Waals surface area contributed by atoms with Crippen molar-refractivity contribution >= 4 is 17.5 Å². The van der Waals surface area contributed by atoms with Crippen LogP contribution in [0.4, 0.5) is 5.69 Å². The first kappa shape index (κ1) is 20.1. The summed E-state index contributed by atoms with van der Waals surface area (Å²) < 4.78 is 5.40. The van der Waals surface area contributed by atoms with Crippen molar-refractivity contribution in [2.75, 3.05) is 11.9 Å². The summed E-state index contributed by atoms with van der Waals surface area (Å²) in [4.78, 5) is 25.2. The van der Waals surface area contributed by atoms with Crippen molar-refractivity contribution in [3.05, 3.63) is 95.6 Å². The lowest BCUT2D eigenvalue weighted by atomic mass is 10.1. The predicted molar refractivity (Wildman–Crippen MR) is 114 cm³/mol. The van der Waals surface area contributed by atoms with Crippen LogP contribution in [0, 0.1) is 0 Å². The van der Waals surface area contributed by atoms with E-state index < -0.39 is 0 Å². The Morgan fingerprint density at radius 3 is 2.17 bits per heavy atom. The molecule has 0 fully saturated rings. The van der Waals surface area contributed by atoms with Gasteiger partial charge in [-0.1, -0.05) is 36.4 Å². The fourth-order valence-electron chi connectivity index (χ4n) is 2.91. The van der Waals surface area contributed by atoms with E-state index in [0.29, 0.717) is 23.4 Å². The minimum Gasteiger partial charge on any atom is -0.494 e. The molecule has 0 aliphatic heterocycles. The largest absolute Gasteiger partial charge is 0.494 e. The molecule has 3 rings (SSSR count). The van der Waals surface area contributed by atoms with E-state index in [9.17, 15) is 9.59 Å². The van der Waals surface area contributed by atoms with Gasteiger partial charge in [-0.2, -0.15) is 0 Å². The molecule has 3 aromatic carbocycles. The third kappa shape index (κ3) is 5.45. The minimum atomic E-state index is -0.278. The first-order chi connectivity index (χ1) is 14.1. The van der Waals surface area contributed by atoms with Gasteiger partial charge in [-0.25, -0.2) is 0 Å². The highest BCUT2D eigenvalue weighted by Crippen LogP contribution is 2.17. The summed E-state index contributed by atoms with van der Waals surface area (Å²) >= 11 is 0. The number of amides is 2. The van der Waals surface area contributed by atoms with Crippen molar-refractivity contribution in [1.29, 1.82) is 0 Å². The summed E-state index contributed by atoms with van der Waals surface area (Å²) in [5, 5.41) is 5.80. The normalized spacial score (nSPS) is 11.4. The van der Waals surface area contributed by atoms with E-state index in [1.54, 1.807) is 48.5 Å². The molecule has 0 radical (unpaired) electrons. The number of rotatable bonds is 7. The second-order valence-electron chi connectivity index (χ2n) is 6.60. The minimum absolute atomic E-state index is 0.134. The molecule has 0 spiro atoms. The summed E-state index contributed by atoms with van der Waals surface area (Å²) in [7, 11) is 0. The molecule has 0 saturated carbocycles. The molecule has 0 saturated heterocycles. The second-order valence-corrected chi connectivity index (χ2v) is 6.60. The highest BCUT2D eigenvalue weighted by atomic mass is 16.5. The number of carbonyl (C=O) groups is 2. The molecule has 1 unspecified atom stereocenters. The smallest absolute Gasteiger partial charge is 0.255 e. The van der Waals surface area contributed by atoms with E-state index in [2.05, 4.69) is 10.6 Å². The van der Waals surface area contributed by atoms with Crippen LogP contribution in [0.3, 0.4) is 0 Å². The second kappa shape index (κ2) is 9.55. The van der Waals surface area contributed by atoms with E-state index in [-0.39, 0.29) is 17.9 Å². The molecule has 1 atom stereocenters. The average Bonchev–Trinajstić information content (AvgIpc) is 2.76. The van der Waals surface area contributed by atoms with E-state index in [0.717, 1.165) is 11.3 Å². The van der Waals surface area contributed by atoms with E-state index >= 15 is 0 Å². The quantitative estimate of drug-likeness (QED) is 0.609. The van der Waals surface area contributed by atoms with Gasteiger partial charge >= 0.3 is 0 Å². The van der Waals surface area contributed by atoms with Crippen LogP contribution < -0.4 is 15.4 Å². The van der Waals surface area contributed by atoms with Crippen molar-refractivity contribution in [2.24, 2.45) is 0 Å². The summed E-state index contributed by atoms with van der Waals surface area (Å²) in [5.74, 6) is 0.244. The SMILES string of the molecule is CCOc1ccc(NC(=O)c2cccc(C(=O)NC(C)c3ccccc3)c2)cc1. The Hall–Kier alpha value is -3.60. The van der Waals surface area contributed by atoms with Gasteiger partial charge in [0.2, 0.25) is 0 Å². The number of benzene rings is 3. The summed E-state index contributed by atoms with van der Waals surface area (Å²) in [6.07, 6.45) is 0. The summed E-state index contributed by atoms with van der Waals surface area (Å²) in [5.41, 5.74) is 2.53. The van der Waals surface area contributed by atoms with Crippen molar-refractivity contribution in [1.82, 2.24) is 5.32 Å². The van der Waals surface area contributed by atoms with Crippen LogP contribution in [0.2, 0.25) is 0 Å². The Morgan fingerprint density at radius 2 is 1.52 bits per heavy atom. The van der Waals surface area contributed by atoms with Gasteiger partial charge in [0.25, 0.3) is 11.8 Å². The molecule has 2 N–H and O–H groups in total.